The highest BCUT2D eigenvalue weighted by molar-refractivity contribution is 5.76. The quantitative estimate of drug-likeness (QED) is 0.674. The van der Waals surface area contributed by atoms with E-state index in [1.807, 2.05) is 34.0 Å². The van der Waals surface area contributed by atoms with E-state index < -0.39 is 0 Å². The molecule has 2 N–H and O–H groups in total. The number of aromatic nitrogens is 5. The molecule has 0 atom stereocenters. The molecule has 1 saturated heterocycles. The topological polar surface area (TPSA) is 104 Å². The van der Waals surface area contributed by atoms with Crippen molar-refractivity contribution in [1.29, 1.82) is 0 Å². The molecule has 4 heterocycles. The fourth-order valence-electron chi connectivity index (χ4n) is 3.08. The van der Waals surface area contributed by atoms with Gasteiger partial charge >= 0.3 is 6.09 Å². The molecule has 1 amide bonds. The molecule has 156 valence electrons. The van der Waals surface area contributed by atoms with Crippen LogP contribution in [0.1, 0.15) is 40.0 Å². The van der Waals surface area contributed by atoms with Crippen LogP contribution in [0, 0.1) is 0 Å². The average Bonchev–Trinajstić information content (AvgIpc) is 3.28. The van der Waals surface area contributed by atoms with Crippen molar-refractivity contribution < 1.29 is 9.53 Å². The molecule has 0 unspecified atom stereocenters. The number of carbonyl (C=O) groups is 1. The summed E-state index contributed by atoms with van der Waals surface area (Å²) in [5.41, 5.74) is 8.08. The van der Waals surface area contributed by atoms with E-state index in [9.17, 15) is 4.79 Å². The van der Waals surface area contributed by atoms with Crippen LogP contribution >= 0.6 is 0 Å². The van der Waals surface area contributed by atoms with Crippen LogP contribution in [-0.4, -0.2) is 54.1 Å². The lowest BCUT2D eigenvalue weighted by Gasteiger charge is -2.29. The predicted molar refractivity (Wildman–Crippen MR) is 111 cm³/mol. The Hall–Kier alpha value is -3.10. The maximum Gasteiger partial charge on any atom is 0.410 e. The van der Waals surface area contributed by atoms with Gasteiger partial charge < -0.3 is 15.4 Å². The molecule has 0 spiro atoms. The van der Waals surface area contributed by atoms with Gasteiger partial charge in [-0.3, -0.25) is 4.68 Å². The molecule has 29 heavy (non-hydrogen) atoms. The van der Waals surface area contributed by atoms with Crippen molar-refractivity contribution in [3.05, 3.63) is 30.9 Å². The number of fused-ring (bicyclic) bond motifs is 1. The largest absolute Gasteiger partial charge is 0.444 e. The normalized spacial score (nSPS) is 14.4. The number of rotatable bonds is 1. The number of likely N-dealkylation sites (tertiary alicyclic amines) is 1. The Morgan fingerprint density at radius 2 is 1.86 bits per heavy atom. The van der Waals surface area contributed by atoms with Gasteiger partial charge in [-0.25, -0.2) is 9.78 Å². The molecule has 3 aromatic heterocycles. The zero-order chi connectivity index (χ0) is 21.0. The Balaban J connectivity index is 0.000000170. The van der Waals surface area contributed by atoms with Gasteiger partial charge in [-0.05, 0) is 46.1 Å². The fraction of sp³-hybridized carbons (Fsp3) is 0.500. The maximum atomic E-state index is 11.5. The first-order valence-corrected chi connectivity index (χ1v) is 9.80. The molecule has 9 heteroatoms. The molecule has 0 saturated carbocycles. The molecule has 0 aliphatic carbocycles. The second-order valence-corrected chi connectivity index (χ2v) is 8.09. The number of anilines is 1. The summed E-state index contributed by atoms with van der Waals surface area (Å²) in [5, 5.41) is 8.32. The maximum absolute atomic E-state index is 11.5. The van der Waals surface area contributed by atoms with E-state index in [1.54, 1.807) is 38.8 Å². The lowest BCUT2D eigenvalue weighted by Crippen LogP contribution is -2.39. The van der Waals surface area contributed by atoms with Crippen molar-refractivity contribution in [2.75, 3.05) is 18.8 Å². The first-order valence-electron chi connectivity index (χ1n) is 9.80. The smallest absolute Gasteiger partial charge is 0.410 e. The summed E-state index contributed by atoms with van der Waals surface area (Å²) < 4.78 is 8.62. The summed E-state index contributed by atoms with van der Waals surface area (Å²) in [6.45, 7) is 7.41. The Labute approximate surface area is 170 Å². The van der Waals surface area contributed by atoms with Gasteiger partial charge in [0, 0.05) is 43.7 Å². The molecular formula is C20H29N7O2. The van der Waals surface area contributed by atoms with Gasteiger partial charge in [-0.1, -0.05) is 0 Å². The van der Waals surface area contributed by atoms with Crippen LogP contribution in [0.3, 0.4) is 0 Å². The van der Waals surface area contributed by atoms with Crippen molar-refractivity contribution >= 4 is 17.6 Å². The van der Waals surface area contributed by atoms with Crippen LogP contribution in [0.25, 0.3) is 16.8 Å². The zero-order valence-corrected chi connectivity index (χ0v) is 17.5. The van der Waals surface area contributed by atoms with Gasteiger partial charge in [0.2, 0.25) is 0 Å². The molecular weight excluding hydrogens is 370 g/mol. The SMILES string of the molecule is CC(C)(C)OC(=O)N1CCCCC1.Cn1cc(-c2cnn3c(N)ccnc23)cn1. The van der Waals surface area contributed by atoms with Gasteiger partial charge in [0.25, 0.3) is 0 Å². The number of nitrogen functional groups attached to an aromatic ring is 1. The molecule has 1 aliphatic rings. The number of hydrogen-bond donors (Lipinski definition) is 1. The van der Waals surface area contributed by atoms with Crippen molar-refractivity contribution in [1.82, 2.24) is 29.3 Å². The molecule has 0 radical (unpaired) electrons. The van der Waals surface area contributed by atoms with Gasteiger partial charge in [-0.15, -0.1) is 0 Å². The van der Waals surface area contributed by atoms with E-state index in [-0.39, 0.29) is 11.7 Å². The molecule has 0 aromatic carbocycles. The van der Waals surface area contributed by atoms with Crippen molar-refractivity contribution in [2.24, 2.45) is 7.05 Å². The van der Waals surface area contributed by atoms with Gasteiger partial charge in [0.15, 0.2) is 5.65 Å². The monoisotopic (exact) mass is 399 g/mol. The van der Waals surface area contributed by atoms with Crippen molar-refractivity contribution in [3.63, 3.8) is 0 Å². The summed E-state index contributed by atoms with van der Waals surface area (Å²) >= 11 is 0. The van der Waals surface area contributed by atoms with Crippen LogP contribution < -0.4 is 5.73 Å². The van der Waals surface area contributed by atoms with Crippen LogP contribution in [-0.2, 0) is 11.8 Å². The lowest BCUT2D eigenvalue weighted by molar-refractivity contribution is 0.0216. The highest BCUT2D eigenvalue weighted by Gasteiger charge is 2.22. The average molecular weight is 399 g/mol. The number of ether oxygens (including phenoxy) is 1. The van der Waals surface area contributed by atoms with Crippen molar-refractivity contribution in [3.8, 4) is 11.1 Å². The number of carbonyl (C=O) groups excluding carboxylic acids is 1. The second-order valence-electron chi connectivity index (χ2n) is 8.09. The summed E-state index contributed by atoms with van der Waals surface area (Å²) in [6.07, 6.45) is 10.4. The summed E-state index contributed by atoms with van der Waals surface area (Å²) in [6, 6.07) is 1.72. The highest BCUT2D eigenvalue weighted by Crippen LogP contribution is 2.23. The fourth-order valence-corrected chi connectivity index (χ4v) is 3.08. The van der Waals surface area contributed by atoms with Gasteiger partial charge in [0.05, 0.1) is 12.4 Å². The number of hydrogen-bond acceptors (Lipinski definition) is 6. The van der Waals surface area contributed by atoms with Crippen molar-refractivity contribution in [2.45, 2.75) is 45.6 Å². The second kappa shape index (κ2) is 8.50. The van der Waals surface area contributed by atoms with Gasteiger partial charge in [-0.2, -0.15) is 14.7 Å². The molecule has 4 rings (SSSR count). The molecule has 3 aromatic rings. The first-order chi connectivity index (χ1) is 13.7. The van der Waals surface area contributed by atoms with Crippen LogP contribution in [0.5, 0.6) is 0 Å². The van der Waals surface area contributed by atoms with E-state index in [4.69, 9.17) is 10.5 Å². The van der Waals surface area contributed by atoms with E-state index in [0.717, 1.165) is 42.7 Å². The third-order valence-electron chi connectivity index (χ3n) is 4.45. The highest BCUT2D eigenvalue weighted by atomic mass is 16.6. The number of nitrogens with two attached hydrogens (primary N) is 1. The number of amides is 1. The Morgan fingerprint density at radius 1 is 1.14 bits per heavy atom. The minimum atomic E-state index is -0.367. The van der Waals surface area contributed by atoms with Crippen LogP contribution in [0.15, 0.2) is 30.9 Å². The number of aryl methyl sites for hydroxylation is 1. The Bertz CT molecular complexity index is 965. The van der Waals surface area contributed by atoms with E-state index in [0.29, 0.717) is 5.82 Å². The number of nitrogens with zero attached hydrogens (tertiary/aromatic N) is 6. The third-order valence-corrected chi connectivity index (χ3v) is 4.45. The first kappa shape index (κ1) is 20.6. The van der Waals surface area contributed by atoms with Crippen LogP contribution in [0.2, 0.25) is 0 Å². The lowest BCUT2D eigenvalue weighted by atomic mass is 10.1. The van der Waals surface area contributed by atoms with Crippen LogP contribution in [0.4, 0.5) is 10.6 Å². The molecule has 0 bridgehead atoms. The number of piperidine rings is 1. The minimum Gasteiger partial charge on any atom is -0.444 e. The third kappa shape index (κ3) is 5.24. The van der Waals surface area contributed by atoms with E-state index in [1.165, 1.54) is 6.42 Å². The summed E-state index contributed by atoms with van der Waals surface area (Å²) in [5.74, 6) is 0.570. The molecule has 9 nitrogen and oxygen atoms in total. The van der Waals surface area contributed by atoms with E-state index >= 15 is 0 Å². The minimum absolute atomic E-state index is 0.160. The Morgan fingerprint density at radius 3 is 2.48 bits per heavy atom. The molecule has 1 fully saturated rings. The van der Waals surface area contributed by atoms with Gasteiger partial charge in [0.1, 0.15) is 11.4 Å². The zero-order valence-electron chi connectivity index (χ0n) is 17.5. The molecule has 1 aliphatic heterocycles. The standard InChI is InChI=1S/C10H10N6.C10H19NO2/c1-15-6-7(4-13-15)8-5-14-16-9(11)2-3-12-10(8)16;1-10(2,3)13-9(12)11-7-5-4-6-8-11/h2-6H,11H2,1H3;4-8H2,1-3H3. The Kier molecular flexibility index (Phi) is 6.05. The summed E-state index contributed by atoms with van der Waals surface area (Å²) in [7, 11) is 1.87. The van der Waals surface area contributed by atoms with E-state index in [2.05, 4.69) is 15.2 Å². The predicted octanol–water partition coefficient (Wildman–Crippen LogP) is 3.12. The summed E-state index contributed by atoms with van der Waals surface area (Å²) in [4.78, 5) is 17.6.